The van der Waals surface area contributed by atoms with Gasteiger partial charge < -0.3 is 5.32 Å². The summed E-state index contributed by atoms with van der Waals surface area (Å²) < 4.78 is 28.0. The molecule has 0 unspecified atom stereocenters. The molecule has 5 nitrogen and oxygen atoms in total. The second-order valence-electron chi connectivity index (χ2n) is 6.09. The third kappa shape index (κ3) is 5.52. The van der Waals surface area contributed by atoms with E-state index in [4.69, 9.17) is 0 Å². The van der Waals surface area contributed by atoms with E-state index in [0.29, 0.717) is 12.8 Å². The number of nitrogens with one attached hydrogen (secondary N) is 2. The highest BCUT2D eigenvalue weighted by molar-refractivity contribution is 14.1. The van der Waals surface area contributed by atoms with Crippen molar-refractivity contribution in [3.05, 3.63) is 57.7 Å². The number of amides is 1. The number of hydrogen-bond donors (Lipinski definition) is 2. The van der Waals surface area contributed by atoms with Crippen molar-refractivity contribution in [2.45, 2.75) is 36.6 Å². The van der Waals surface area contributed by atoms with Crippen molar-refractivity contribution in [3.63, 3.8) is 0 Å². The van der Waals surface area contributed by atoms with Crippen molar-refractivity contribution in [1.82, 2.24) is 4.72 Å². The molecule has 25 heavy (non-hydrogen) atoms. The number of aryl methyl sites for hydroxylation is 1. The third-order valence-corrected chi connectivity index (χ3v) is 6.16. The summed E-state index contributed by atoms with van der Waals surface area (Å²) in [6.45, 7) is 0. The van der Waals surface area contributed by atoms with Crippen LogP contribution in [-0.4, -0.2) is 20.4 Å². The van der Waals surface area contributed by atoms with E-state index in [1.54, 1.807) is 24.3 Å². The molecule has 0 atom stereocenters. The predicted molar refractivity (Wildman–Crippen MR) is 106 cm³/mol. The fourth-order valence-corrected chi connectivity index (χ4v) is 4.00. The van der Waals surface area contributed by atoms with E-state index in [9.17, 15) is 13.2 Å². The molecular weight excluding hydrogens is 451 g/mol. The Morgan fingerprint density at radius 2 is 1.68 bits per heavy atom. The van der Waals surface area contributed by atoms with E-state index in [0.717, 1.165) is 27.7 Å². The van der Waals surface area contributed by atoms with Crippen molar-refractivity contribution < 1.29 is 13.2 Å². The van der Waals surface area contributed by atoms with Gasteiger partial charge in [0.2, 0.25) is 15.9 Å². The van der Waals surface area contributed by atoms with E-state index >= 15 is 0 Å². The lowest BCUT2D eigenvalue weighted by atomic mass is 10.1. The van der Waals surface area contributed by atoms with Crippen LogP contribution in [0.15, 0.2) is 53.4 Å². The van der Waals surface area contributed by atoms with Crippen molar-refractivity contribution >= 4 is 44.2 Å². The number of hydrogen-bond acceptors (Lipinski definition) is 3. The van der Waals surface area contributed by atoms with Gasteiger partial charge in [-0.25, -0.2) is 13.1 Å². The van der Waals surface area contributed by atoms with Crippen molar-refractivity contribution in [1.29, 1.82) is 0 Å². The lowest BCUT2D eigenvalue weighted by molar-refractivity contribution is -0.116. The fraction of sp³-hybridized carbons (Fsp3) is 0.278. The normalized spacial score (nSPS) is 14.3. The van der Waals surface area contributed by atoms with Gasteiger partial charge in [-0.15, -0.1) is 0 Å². The van der Waals surface area contributed by atoms with Crippen molar-refractivity contribution in [3.8, 4) is 0 Å². The summed E-state index contributed by atoms with van der Waals surface area (Å²) in [7, 11) is -3.42. The van der Waals surface area contributed by atoms with Crippen molar-refractivity contribution in [2.75, 3.05) is 5.32 Å². The van der Waals surface area contributed by atoms with Crippen LogP contribution in [0.3, 0.4) is 0 Å². The molecule has 1 amide bonds. The smallest absolute Gasteiger partial charge is 0.240 e. The number of anilines is 1. The standard InChI is InChI=1S/C18H19IN2O3S/c19-14-4-6-15(7-5-14)20-18(22)12-3-13-1-10-17(11-2-13)25(23,24)21-16-8-9-16/h1-2,4-7,10-11,16,21H,3,8-9,12H2,(H,20,22). The highest BCUT2D eigenvalue weighted by atomic mass is 127. The minimum atomic E-state index is -3.42. The molecule has 2 N–H and O–H groups in total. The van der Waals surface area contributed by atoms with E-state index in [2.05, 4.69) is 32.6 Å². The first kappa shape index (κ1) is 18.3. The molecule has 1 aliphatic rings. The average Bonchev–Trinajstić information content (AvgIpc) is 3.39. The largest absolute Gasteiger partial charge is 0.326 e. The lowest BCUT2D eigenvalue weighted by Gasteiger charge is -2.07. The maximum absolute atomic E-state index is 12.1. The molecule has 3 rings (SSSR count). The van der Waals surface area contributed by atoms with Crippen LogP contribution in [0.1, 0.15) is 24.8 Å². The SMILES string of the molecule is O=C(CCc1ccc(S(=O)(=O)NC2CC2)cc1)Nc1ccc(I)cc1. The summed E-state index contributed by atoms with van der Waals surface area (Å²) in [4.78, 5) is 12.3. The quantitative estimate of drug-likeness (QED) is 0.610. The molecule has 1 fully saturated rings. The Labute approximate surface area is 161 Å². The van der Waals surface area contributed by atoms with E-state index in [1.807, 2.05) is 24.3 Å². The second kappa shape index (κ2) is 7.84. The van der Waals surface area contributed by atoms with Crippen LogP contribution in [0.25, 0.3) is 0 Å². The maximum Gasteiger partial charge on any atom is 0.240 e. The number of halogens is 1. The summed E-state index contributed by atoms with van der Waals surface area (Å²) in [5.41, 5.74) is 1.71. The Morgan fingerprint density at radius 1 is 1.04 bits per heavy atom. The molecule has 1 saturated carbocycles. The number of carbonyl (C=O) groups excluding carboxylic acids is 1. The van der Waals surface area contributed by atoms with Gasteiger partial charge in [0.15, 0.2) is 0 Å². The molecular formula is C18H19IN2O3S. The maximum atomic E-state index is 12.1. The molecule has 0 bridgehead atoms. The van der Waals surface area contributed by atoms with Gasteiger partial charge >= 0.3 is 0 Å². The van der Waals surface area contributed by atoms with Gasteiger partial charge in [0.25, 0.3) is 0 Å². The van der Waals surface area contributed by atoms with Crippen LogP contribution in [0.4, 0.5) is 5.69 Å². The van der Waals surface area contributed by atoms with Crippen LogP contribution in [0, 0.1) is 3.57 Å². The highest BCUT2D eigenvalue weighted by Gasteiger charge is 2.27. The van der Waals surface area contributed by atoms with Crippen LogP contribution < -0.4 is 10.0 Å². The average molecular weight is 470 g/mol. The van der Waals surface area contributed by atoms with Gasteiger partial charge in [-0.2, -0.15) is 0 Å². The Bertz CT molecular complexity index is 845. The zero-order valence-corrected chi connectivity index (χ0v) is 16.5. The van der Waals surface area contributed by atoms with Crippen LogP contribution in [0.2, 0.25) is 0 Å². The van der Waals surface area contributed by atoms with E-state index < -0.39 is 10.0 Å². The zero-order chi connectivity index (χ0) is 17.9. The molecule has 0 spiro atoms. The number of rotatable bonds is 7. The van der Waals surface area contributed by atoms with E-state index in [-0.39, 0.29) is 16.8 Å². The number of carbonyl (C=O) groups is 1. The van der Waals surface area contributed by atoms with Crippen LogP contribution >= 0.6 is 22.6 Å². The van der Waals surface area contributed by atoms with Gasteiger partial charge in [-0.3, -0.25) is 4.79 Å². The van der Waals surface area contributed by atoms with Crippen LogP contribution in [-0.2, 0) is 21.2 Å². The van der Waals surface area contributed by atoms with Crippen molar-refractivity contribution in [2.24, 2.45) is 0 Å². The van der Waals surface area contributed by atoms with Gasteiger partial charge in [0, 0.05) is 21.7 Å². The minimum absolute atomic E-state index is 0.0618. The lowest BCUT2D eigenvalue weighted by Crippen LogP contribution is -2.25. The summed E-state index contributed by atoms with van der Waals surface area (Å²) >= 11 is 2.21. The first-order valence-electron chi connectivity index (χ1n) is 8.09. The number of sulfonamides is 1. The summed E-state index contributed by atoms with van der Waals surface area (Å²) in [5.74, 6) is -0.0618. The summed E-state index contributed by atoms with van der Waals surface area (Å²) in [6.07, 6.45) is 2.73. The van der Waals surface area contributed by atoms with Gasteiger partial charge in [-0.05, 0) is 83.8 Å². The molecule has 2 aromatic carbocycles. The first-order valence-corrected chi connectivity index (χ1v) is 10.7. The Kier molecular flexibility index (Phi) is 5.75. The monoisotopic (exact) mass is 470 g/mol. The molecule has 0 aliphatic heterocycles. The van der Waals surface area contributed by atoms with Crippen LogP contribution in [0.5, 0.6) is 0 Å². The molecule has 1 aliphatic carbocycles. The summed E-state index contributed by atoms with van der Waals surface area (Å²) in [6, 6.07) is 14.4. The molecule has 0 radical (unpaired) electrons. The molecule has 2 aromatic rings. The number of benzene rings is 2. The Balaban J connectivity index is 1.52. The Morgan fingerprint density at radius 3 is 2.28 bits per heavy atom. The molecule has 0 heterocycles. The zero-order valence-electron chi connectivity index (χ0n) is 13.5. The highest BCUT2D eigenvalue weighted by Crippen LogP contribution is 2.22. The molecule has 132 valence electrons. The second-order valence-corrected chi connectivity index (χ2v) is 9.05. The fourth-order valence-electron chi connectivity index (χ4n) is 2.34. The molecule has 7 heteroatoms. The van der Waals surface area contributed by atoms with Gasteiger partial charge in [-0.1, -0.05) is 12.1 Å². The van der Waals surface area contributed by atoms with E-state index in [1.165, 1.54) is 0 Å². The predicted octanol–water partition coefficient (Wildman–Crippen LogP) is 3.30. The van der Waals surface area contributed by atoms with Gasteiger partial charge in [0.1, 0.15) is 0 Å². The Hall–Kier alpha value is -1.45. The minimum Gasteiger partial charge on any atom is -0.326 e. The van der Waals surface area contributed by atoms with Gasteiger partial charge in [0.05, 0.1) is 4.90 Å². The third-order valence-electron chi connectivity index (χ3n) is 3.90. The molecule has 0 saturated heterocycles. The topological polar surface area (TPSA) is 75.3 Å². The molecule has 0 aromatic heterocycles. The first-order chi connectivity index (χ1) is 11.9. The summed E-state index contributed by atoms with van der Waals surface area (Å²) in [5, 5.41) is 2.86.